The molecule has 1 aliphatic heterocycles. The number of phenolic OH excluding ortho intramolecular Hbond substituents is 1. The summed E-state index contributed by atoms with van der Waals surface area (Å²) in [5.74, 6) is 2.97. The van der Waals surface area contributed by atoms with Crippen LogP contribution in [0.5, 0.6) is 5.75 Å². The van der Waals surface area contributed by atoms with Gasteiger partial charge in [0, 0.05) is 19.1 Å². The zero-order valence-electron chi connectivity index (χ0n) is 15.1. The molecule has 0 bridgehead atoms. The molecule has 1 atom stereocenters. The molecule has 0 aromatic heterocycles. The average molecular weight is 316 g/mol. The average Bonchev–Trinajstić information content (AvgIpc) is 2.53. The van der Waals surface area contributed by atoms with Gasteiger partial charge in [-0.05, 0) is 53.9 Å². The molecule has 0 unspecified atom stereocenters. The Bertz CT molecular complexity index is 517. The zero-order chi connectivity index (χ0) is 16.4. The van der Waals surface area contributed by atoms with Gasteiger partial charge in [-0.1, -0.05) is 52.5 Å². The smallest absolute Gasteiger partial charge is 0.115 e. The van der Waals surface area contributed by atoms with Crippen LogP contribution < -0.4 is 0 Å². The highest BCUT2D eigenvalue weighted by Crippen LogP contribution is 2.35. The molecule has 2 heteroatoms. The quantitative estimate of drug-likeness (QED) is 0.846. The first-order valence-corrected chi connectivity index (χ1v) is 9.57. The van der Waals surface area contributed by atoms with Gasteiger partial charge in [0.15, 0.2) is 0 Å². The van der Waals surface area contributed by atoms with Crippen molar-refractivity contribution >= 4 is 0 Å². The fourth-order valence-electron chi connectivity index (χ4n) is 4.60. The van der Waals surface area contributed by atoms with E-state index in [0.29, 0.717) is 17.7 Å². The summed E-state index contributed by atoms with van der Waals surface area (Å²) in [6, 6.07) is 6.59. The molecule has 0 spiro atoms. The molecule has 1 heterocycles. The first-order valence-electron chi connectivity index (χ1n) is 9.57. The second-order valence-electron chi connectivity index (χ2n) is 8.35. The van der Waals surface area contributed by atoms with Crippen molar-refractivity contribution in [3.8, 4) is 5.75 Å². The van der Waals surface area contributed by atoms with Gasteiger partial charge >= 0.3 is 0 Å². The summed E-state index contributed by atoms with van der Waals surface area (Å²) < 4.78 is 0. The Labute approximate surface area is 141 Å². The third-order valence-electron chi connectivity index (χ3n) is 6.18. The first kappa shape index (κ1) is 16.8. The Morgan fingerprint density at radius 3 is 2.57 bits per heavy atom. The van der Waals surface area contributed by atoms with Crippen LogP contribution in [0.4, 0.5) is 0 Å². The molecule has 1 aliphatic carbocycles. The molecule has 1 fully saturated rings. The third-order valence-corrected chi connectivity index (χ3v) is 6.18. The highest BCUT2D eigenvalue weighted by Gasteiger charge is 2.29. The predicted octanol–water partition coefficient (Wildman–Crippen LogP) is 4.99. The minimum absolute atomic E-state index is 0.410. The molecule has 1 aromatic rings. The van der Waals surface area contributed by atoms with Crippen LogP contribution in [0.25, 0.3) is 0 Å². The van der Waals surface area contributed by atoms with Crippen LogP contribution >= 0.6 is 0 Å². The predicted molar refractivity (Wildman–Crippen MR) is 96.6 cm³/mol. The number of hydrogen-bond acceptors (Lipinski definition) is 2. The lowest BCUT2D eigenvalue weighted by Crippen LogP contribution is -2.43. The van der Waals surface area contributed by atoms with Crippen molar-refractivity contribution in [2.75, 3.05) is 6.54 Å². The van der Waals surface area contributed by atoms with E-state index in [9.17, 15) is 5.11 Å². The number of fused-ring (bicyclic) bond motifs is 1. The van der Waals surface area contributed by atoms with Gasteiger partial charge in [-0.25, -0.2) is 0 Å². The number of aromatic hydroxyl groups is 1. The maximum atomic E-state index is 9.79. The van der Waals surface area contributed by atoms with E-state index in [0.717, 1.165) is 24.8 Å². The van der Waals surface area contributed by atoms with Crippen LogP contribution in [0.2, 0.25) is 0 Å². The third kappa shape index (κ3) is 4.09. The minimum Gasteiger partial charge on any atom is -0.508 e. The standard InChI is InChI=1S/C21H33NO/c1-15(2)21(12-17-6-4-16(3)5-7-17)22-11-10-18-8-9-20(23)13-19(18)14-22/h8-9,13,15-17,21,23H,4-7,10-12,14H2,1-3H3/t16?,17?,21-/m1/s1. The van der Waals surface area contributed by atoms with E-state index in [1.807, 2.05) is 12.1 Å². The molecule has 1 aromatic carbocycles. The minimum atomic E-state index is 0.410. The SMILES string of the molecule is CC1CCC(C[C@H](C(C)C)N2CCc3ccc(O)cc3C2)CC1. The van der Waals surface area contributed by atoms with E-state index >= 15 is 0 Å². The Morgan fingerprint density at radius 1 is 1.13 bits per heavy atom. The lowest BCUT2D eigenvalue weighted by atomic mass is 9.78. The lowest BCUT2D eigenvalue weighted by Gasteiger charge is -2.40. The van der Waals surface area contributed by atoms with E-state index < -0.39 is 0 Å². The Morgan fingerprint density at radius 2 is 1.87 bits per heavy atom. The molecular weight excluding hydrogens is 282 g/mol. The maximum absolute atomic E-state index is 9.79. The Kier molecular flexibility index (Phi) is 5.31. The van der Waals surface area contributed by atoms with Crippen molar-refractivity contribution in [2.24, 2.45) is 17.8 Å². The fraction of sp³-hybridized carbons (Fsp3) is 0.714. The summed E-state index contributed by atoms with van der Waals surface area (Å²) in [6.45, 7) is 9.35. The van der Waals surface area contributed by atoms with Crippen molar-refractivity contribution in [3.05, 3.63) is 29.3 Å². The highest BCUT2D eigenvalue weighted by molar-refractivity contribution is 5.36. The Balaban J connectivity index is 1.67. The van der Waals surface area contributed by atoms with Crippen molar-refractivity contribution in [3.63, 3.8) is 0 Å². The van der Waals surface area contributed by atoms with E-state index in [1.54, 1.807) is 0 Å². The zero-order valence-corrected chi connectivity index (χ0v) is 15.1. The normalized spacial score (nSPS) is 27.0. The molecule has 0 radical (unpaired) electrons. The lowest BCUT2D eigenvalue weighted by molar-refractivity contribution is 0.103. The summed E-state index contributed by atoms with van der Waals surface area (Å²) in [7, 11) is 0. The molecule has 2 nitrogen and oxygen atoms in total. The topological polar surface area (TPSA) is 23.5 Å². The Hall–Kier alpha value is -1.02. The largest absolute Gasteiger partial charge is 0.508 e. The van der Waals surface area contributed by atoms with Gasteiger partial charge in [0.1, 0.15) is 5.75 Å². The second kappa shape index (κ2) is 7.25. The second-order valence-corrected chi connectivity index (χ2v) is 8.35. The highest BCUT2D eigenvalue weighted by atomic mass is 16.3. The van der Waals surface area contributed by atoms with Gasteiger partial charge in [0.2, 0.25) is 0 Å². The van der Waals surface area contributed by atoms with E-state index in [1.165, 1.54) is 49.8 Å². The molecular formula is C21H33NO. The number of nitrogens with zero attached hydrogens (tertiary/aromatic N) is 1. The van der Waals surface area contributed by atoms with Crippen LogP contribution in [-0.4, -0.2) is 22.6 Å². The van der Waals surface area contributed by atoms with E-state index in [-0.39, 0.29) is 0 Å². The van der Waals surface area contributed by atoms with Crippen molar-refractivity contribution < 1.29 is 5.11 Å². The van der Waals surface area contributed by atoms with Gasteiger partial charge in [-0.15, -0.1) is 0 Å². The van der Waals surface area contributed by atoms with Crippen LogP contribution in [0.3, 0.4) is 0 Å². The van der Waals surface area contributed by atoms with Crippen LogP contribution in [0.1, 0.15) is 64.0 Å². The molecule has 3 rings (SSSR count). The number of benzene rings is 1. The van der Waals surface area contributed by atoms with Crippen LogP contribution in [-0.2, 0) is 13.0 Å². The fourth-order valence-corrected chi connectivity index (χ4v) is 4.60. The monoisotopic (exact) mass is 315 g/mol. The van der Waals surface area contributed by atoms with Gasteiger partial charge in [-0.2, -0.15) is 0 Å². The molecule has 1 N–H and O–H groups in total. The summed E-state index contributed by atoms with van der Waals surface area (Å²) >= 11 is 0. The molecule has 2 aliphatic rings. The van der Waals surface area contributed by atoms with Crippen molar-refractivity contribution in [1.82, 2.24) is 4.90 Å². The van der Waals surface area contributed by atoms with E-state index in [2.05, 4.69) is 31.7 Å². The maximum Gasteiger partial charge on any atom is 0.115 e. The summed E-state index contributed by atoms with van der Waals surface area (Å²) in [5.41, 5.74) is 2.76. The number of phenols is 1. The van der Waals surface area contributed by atoms with Gasteiger partial charge in [0.25, 0.3) is 0 Å². The number of hydrogen-bond donors (Lipinski definition) is 1. The van der Waals surface area contributed by atoms with Crippen LogP contribution in [0, 0.1) is 17.8 Å². The molecule has 128 valence electrons. The van der Waals surface area contributed by atoms with Gasteiger partial charge in [-0.3, -0.25) is 4.90 Å². The first-order chi connectivity index (χ1) is 11.0. The van der Waals surface area contributed by atoms with E-state index in [4.69, 9.17) is 0 Å². The summed E-state index contributed by atoms with van der Waals surface area (Å²) in [4.78, 5) is 2.68. The van der Waals surface area contributed by atoms with Gasteiger partial charge < -0.3 is 5.11 Å². The number of rotatable bonds is 4. The van der Waals surface area contributed by atoms with Crippen molar-refractivity contribution in [1.29, 1.82) is 0 Å². The van der Waals surface area contributed by atoms with Gasteiger partial charge in [0.05, 0.1) is 0 Å². The van der Waals surface area contributed by atoms with Crippen molar-refractivity contribution in [2.45, 2.75) is 71.9 Å². The summed E-state index contributed by atoms with van der Waals surface area (Å²) in [5, 5.41) is 9.79. The molecule has 23 heavy (non-hydrogen) atoms. The molecule has 1 saturated carbocycles. The molecule has 0 amide bonds. The van der Waals surface area contributed by atoms with Crippen LogP contribution in [0.15, 0.2) is 18.2 Å². The molecule has 0 saturated heterocycles. The summed E-state index contributed by atoms with van der Waals surface area (Å²) in [6.07, 6.45) is 8.18.